The van der Waals surface area contributed by atoms with E-state index in [1.54, 1.807) is 0 Å². The van der Waals surface area contributed by atoms with Crippen LogP contribution in [0.15, 0.2) is 22.7 Å². The van der Waals surface area contributed by atoms with Gasteiger partial charge in [-0.3, -0.25) is 0 Å². The second-order valence-electron chi connectivity index (χ2n) is 2.37. The van der Waals surface area contributed by atoms with Crippen LogP contribution in [0.2, 0.25) is 5.02 Å². The molecule has 0 aliphatic heterocycles. The fourth-order valence-electron chi connectivity index (χ4n) is 0.911. The van der Waals surface area contributed by atoms with Crippen LogP contribution >= 0.6 is 27.5 Å². The predicted molar refractivity (Wildman–Crippen MR) is 54.3 cm³/mol. The normalized spacial score (nSPS) is 9.42. The summed E-state index contributed by atoms with van der Waals surface area (Å²) in [6, 6.07) is 5.62. The predicted octanol–water partition coefficient (Wildman–Crippen LogP) is 3.56. The van der Waals surface area contributed by atoms with Gasteiger partial charge in [0.25, 0.3) is 0 Å². The zero-order valence-corrected chi connectivity index (χ0v) is 8.69. The third-order valence-corrected chi connectivity index (χ3v) is 2.51. The lowest BCUT2D eigenvalue weighted by molar-refractivity contribution is 1.07. The Balaban J connectivity index is 2.84. The highest BCUT2D eigenvalue weighted by Gasteiger charge is 2.01. The van der Waals surface area contributed by atoms with Crippen molar-refractivity contribution in [3.63, 3.8) is 0 Å². The average molecular weight is 245 g/mol. The first-order chi connectivity index (χ1) is 5.74. The quantitative estimate of drug-likeness (QED) is 0.701. The Morgan fingerprint density at radius 2 is 2.25 bits per heavy atom. The highest BCUT2D eigenvalue weighted by molar-refractivity contribution is 9.10. The summed E-state index contributed by atoms with van der Waals surface area (Å²) < 4.78 is 1.02. The van der Waals surface area contributed by atoms with Crippen LogP contribution in [0.5, 0.6) is 0 Å². The Hall–Kier alpha value is -0.520. The van der Waals surface area contributed by atoms with Crippen molar-refractivity contribution in [3.05, 3.63) is 44.7 Å². The first-order valence-corrected chi connectivity index (χ1v) is 4.68. The summed E-state index contributed by atoms with van der Waals surface area (Å²) in [6.45, 7) is 7.17. The summed E-state index contributed by atoms with van der Waals surface area (Å²) in [4.78, 5) is 3.29. The number of hydrogen-bond donors (Lipinski definition) is 0. The fraction of sp³-hybridized carbons (Fsp3) is 0.222. The molecule has 0 aliphatic rings. The van der Waals surface area contributed by atoms with Crippen LogP contribution in [-0.4, -0.2) is 6.54 Å². The third-order valence-electron chi connectivity index (χ3n) is 1.50. The van der Waals surface area contributed by atoms with Gasteiger partial charge in [-0.15, -0.1) is 0 Å². The van der Waals surface area contributed by atoms with E-state index < -0.39 is 0 Å². The van der Waals surface area contributed by atoms with Crippen LogP contribution in [0, 0.1) is 6.57 Å². The maximum absolute atomic E-state index is 6.65. The molecule has 0 aromatic heterocycles. The van der Waals surface area contributed by atoms with E-state index in [0.29, 0.717) is 6.54 Å². The Morgan fingerprint density at radius 1 is 1.50 bits per heavy atom. The van der Waals surface area contributed by atoms with Gasteiger partial charge in [-0.25, -0.2) is 6.57 Å². The maximum atomic E-state index is 6.65. The number of rotatable bonds is 2. The Bertz CT molecular complexity index is 317. The minimum atomic E-state index is 0.513. The zero-order chi connectivity index (χ0) is 8.97. The molecule has 0 unspecified atom stereocenters. The molecule has 1 nitrogen and oxygen atoms in total. The molecule has 0 saturated heterocycles. The molecule has 0 saturated carbocycles. The lowest BCUT2D eigenvalue weighted by atomic mass is 10.1. The molecular weight excluding hydrogens is 237 g/mol. The number of hydrogen-bond acceptors (Lipinski definition) is 0. The van der Waals surface area contributed by atoms with E-state index in [-0.39, 0.29) is 0 Å². The van der Waals surface area contributed by atoms with Crippen molar-refractivity contribution in [1.29, 1.82) is 0 Å². The van der Waals surface area contributed by atoms with Crippen molar-refractivity contribution < 1.29 is 0 Å². The van der Waals surface area contributed by atoms with Gasteiger partial charge in [0.1, 0.15) is 0 Å². The Labute approximate surface area is 85.3 Å². The monoisotopic (exact) mass is 243 g/mol. The van der Waals surface area contributed by atoms with Crippen LogP contribution < -0.4 is 0 Å². The highest BCUT2D eigenvalue weighted by Crippen LogP contribution is 2.21. The van der Waals surface area contributed by atoms with E-state index in [4.69, 9.17) is 18.2 Å². The van der Waals surface area contributed by atoms with E-state index in [9.17, 15) is 0 Å². The second-order valence-corrected chi connectivity index (χ2v) is 3.66. The molecular formula is C9H7BrClN. The first-order valence-electron chi connectivity index (χ1n) is 3.51. The number of nitrogens with zero attached hydrogens (tertiary/aromatic N) is 1. The van der Waals surface area contributed by atoms with E-state index in [0.717, 1.165) is 21.5 Å². The minimum Gasteiger partial charge on any atom is -0.317 e. The van der Waals surface area contributed by atoms with E-state index in [1.807, 2.05) is 18.2 Å². The first kappa shape index (κ1) is 9.57. The number of benzene rings is 1. The van der Waals surface area contributed by atoms with Gasteiger partial charge in [0.05, 0.1) is 0 Å². The van der Waals surface area contributed by atoms with Gasteiger partial charge in [0, 0.05) is 15.9 Å². The van der Waals surface area contributed by atoms with Gasteiger partial charge >= 0.3 is 0 Å². The van der Waals surface area contributed by atoms with Crippen molar-refractivity contribution >= 4 is 27.5 Å². The molecule has 0 amide bonds. The van der Waals surface area contributed by atoms with E-state index >= 15 is 0 Å². The SMILES string of the molecule is [C-]#[N+]CCc1cc(Cl)ccc1Br. The van der Waals surface area contributed by atoms with Crippen molar-refractivity contribution in [2.45, 2.75) is 6.42 Å². The lowest BCUT2D eigenvalue weighted by Gasteiger charge is -2.00. The highest BCUT2D eigenvalue weighted by atomic mass is 79.9. The molecule has 12 heavy (non-hydrogen) atoms. The Morgan fingerprint density at radius 3 is 2.92 bits per heavy atom. The van der Waals surface area contributed by atoms with Crippen molar-refractivity contribution in [1.82, 2.24) is 0 Å². The summed E-state index contributed by atoms with van der Waals surface area (Å²) in [5, 5.41) is 0.721. The molecule has 0 bridgehead atoms. The molecule has 0 fully saturated rings. The molecule has 0 N–H and O–H groups in total. The summed E-state index contributed by atoms with van der Waals surface area (Å²) in [7, 11) is 0. The molecule has 0 aliphatic carbocycles. The standard InChI is InChI=1S/C9H7BrClN/c1-12-5-4-7-6-8(11)2-3-9(7)10/h2-3,6H,4-5H2. The smallest absolute Gasteiger partial charge is 0.218 e. The lowest BCUT2D eigenvalue weighted by Crippen LogP contribution is -1.88. The van der Waals surface area contributed by atoms with Crippen molar-refractivity contribution in [3.8, 4) is 0 Å². The molecule has 0 atom stereocenters. The van der Waals surface area contributed by atoms with Gasteiger partial charge in [0.15, 0.2) is 0 Å². The zero-order valence-electron chi connectivity index (χ0n) is 6.35. The van der Waals surface area contributed by atoms with Gasteiger partial charge in [0.2, 0.25) is 6.54 Å². The van der Waals surface area contributed by atoms with Gasteiger partial charge in [-0.2, -0.15) is 0 Å². The number of halogens is 2. The average Bonchev–Trinajstić information content (AvgIpc) is 2.07. The molecule has 1 rings (SSSR count). The van der Waals surface area contributed by atoms with Crippen LogP contribution in [0.4, 0.5) is 0 Å². The third kappa shape index (κ3) is 2.51. The summed E-state index contributed by atoms with van der Waals surface area (Å²) in [5.41, 5.74) is 1.10. The van der Waals surface area contributed by atoms with Gasteiger partial charge in [-0.1, -0.05) is 27.5 Å². The molecule has 3 heteroatoms. The van der Waals surface area contributed by atoms with E-state index in [1.165, 1.54) is 0 Å². The fourth-order valence-corrected chi connectivity index (χ4v) is 1.55. The maximum Gasteiger partial charge on any atom is 0.218 e. The molecule has 1 aromatic carbocycles. The van der Waals surface area contributed by atoms with E-state index in [2.05, 4.69) is 20.8 Å². The molecule has 62 valence electrons. The van der Waals surface area contributed by atoms with Crippen LogP contribution in [0.3, 0.4) is 0 Å². The topological polar surface area (TPSA) is 4.36 Å². The van der Waals surface area contributed by atoms with Crippen molar-refractivity contribution in [2.24, 2.45) is 0 Å². The molecule has 0 spiro atoms. The van der Waals surface area contributed by atoms with Crippen LogP contribution in [-0.2, 0) is 6.42 Å². The second kappa shape index (κ2) is 4.49. The minimum absolute atomic E-state index is 0.513. The Kier molecular flexibility index (Phi) is 3.58. The van der Waals surface area contributed by atoms with Crippen molar-refractivity contribution in [2.75, 3.05) is 6.54 Å². The van der Waals surface area contributed by atoms with Crippen LogP contribution in [0.1, 0.15) is 5.56 Å². The molecule has 1 aromatic rings. The largest absolute Gasteiger partial charge is 0.317 e. The van der Waals surface area contributed by atoms with Gasteiger partial charge in [-0.05, 0) is 23.8 Å². The molecule has 0 heterocycles. The molecule has 0 radical (unpaired) electrons. The van der Waals surface area contributed by atoms with Gasteiger partial charge < -0.3 is 4.85 Å². The van der Waals surface area contributed by atoms with Crippen LogP contribution in [0.25, 0.3) is 4.85 Å². The summed E-state index contributed by atoms with van der Waals surface area (Å²) >= 11 is 9.20. The summed E-state index contributed by atoms with van der Waals surface area (Å²) in [5.74, 6) is 0. The summed E-state index contributed by atoms with van der Waals surface area (Å²) in [6.07, 6.45) is 0.755.